The van der Waals surface area contributed by atoms with E-state index in [1.807, 2.05) is 74.5 Å². The molecular formula is C21H23BrN2O3. The third-order valence-electron chi connectivity index (χ3n) is 4.93. The van der Waals surface area contributed by atoms with Gasteiger partial charge in [0.05, 0.1) is 18.8 Å². The van der Waals surface area contributed by atoms with Crippen molar-refractivity contribution >= 4 is 27.9 Å². The Bertz CT molecular complexity index is 785. The minimum absolute atomic E-state index is 0.0223. The quantitative estimate of drug-likeness (QED) is 0.677. The number of amides is 2. The van der Waals surface area contributed by atoms with E-state index < -0.39 is 10.9 Å². The molecule has 1 heterocycles. The van der Waals surface area contributed by atoms with Crippen molar-refractivity contribution in [1.29, 1.82) is 0 Å². The van der Waals surface area contributed by atoms with Crippen molar-refractivity contribution in [1.82, 2.24) is 9.80 Å². The Hall–Kier alpha value is -2.34. The third-order valence-corrected chi connectivity index (χ3v) is 6.08. The fourth-order valence-corrected chi connectivity index (χ4v) is 3.68. The maximum atomic E-state index is 12.8. The highest BCUT2D eigenvalue weighted by atomic mass is 79.9. The molecule has 0 spiro atoms. The van der Waals surface area contributed by atoms with Crippen molar-refractivity contribution in [2.45, 2.75) is 37.4 Å². The summed E-state index contributed by atoms with van der Waals surface area (Å²) < 4.78 is 5.48. The molecule has 2 aromatic carbocycles. The normalized spacial score (nSPS) is 21.1. The van der Waals surface area contributed by atoms with Gasteiger partial charge in [-0.05, 0) is 25.0 Å². The molecule has 3 atom stereocenters. The van der Waals surface area contributed by atoms with Crippen LogP contribution in [0.2, 0.25) is 0 Å². The van der Waals surface area contributed by atoms with E-state index in [0.717, 1.165) is 11.1 Å². The SMILES string of the molecule is C[C@@H](c1ccccc1)N1CN(C(=O)OCc2ccccc2)[C@@H](C)[C@@H](Br)C1=O. The second-order valence-electron chi connectivity index (χ2n) is 6.69. The molecule has 0 aromatic heterocycles. The van der Waals surface area contributed by atoms with Crippen molar-refractivity contribution in [2.75, 3.05) is 6.67 Å². The van der Waals surface area contributed by atoms with Gasteiger partial charge in [0.15, 0.2) is 0 Å². The largest absolute Gasteiger partial charge is 0.444 e. The highest BCUT2D eigenvalue weighted by molar-refractivity contribution is 9.10. The van der Waals surface area contributed by atoms with E-state index >= 15 is 0 Å². The predicted molar refractivity (Wildman–Crippen MR) is 107 cm³/mol. The van der Waals surface area contributed by atoms with Crippen LogP contribution in [-0.2, 0) is 16.1 Å². The standard InChI is InChI=1S/C21H23BrN2O3/c1-15(18-11-7-4-8-12-18)23-14-24(16(2)19(22)20(23)25)21(26)27-13-17-9-5-3-6-10-17/h3-12,15-16,19H,13-14H2,1-2H3/t15-,16-,19+/m0/s1. The number of ether oxygens (including phenoxy) is 1. The molecule has 0 radical (unpaired) electrons. The van der Waals surface area contributed by atoms with E-state index in [0.29, 0.717) is 0 Å². The smallest absolute Gasteiger partial charge is 0.411 e. The molecule has 1 aliphatic rings. The minimum atomic E-state index is -0.471. The summed E-state index contributed by atoms with van der Waals surface area (Å²) in [5.41, 5.74) is 1.95. The van der Waals surface area contributed by atoms with Gasteiger partial charge in [-0.15, -0.1) is 0 Å². The molecule has 0 aliphatic carbocycles. The highest BCUT2D eigenvalue weighted by Gasteiger charge is 2.42. The monoisotopic (exact) mass is 430 g/mol. The number of hydrogen-bond acceptors (Lipinski definition) is 3. The number of benzene rings is 2. The lowest BCUT2D eigenvalue weighted by Crippen LogP contribution is -2.60. The number of alkyl halides is 1. The van der Waals surface area contributed by atoms with Crippen LogP contribution in [0.15, 0.2) is 60.7 Å². The summed E-state index contributed by atoms with van der Waals surface area (Å²) in [5.74, 6) is -0.0223. The van der Waals surface area contributed by atoms with E-state index in [4.69, 9.17) is 4.74 Å². The zero-order valence-electron chi connectivity index (χ0n) is 15.4. The van der Waals surface area contributed by atoms with Crippen LogP contribution in [0, 0.1) is 0 Å². The van der Waals surface area contributed by atoms with E-state index in [9.17, 15) is 9.59 Å². The summed E-state index contributed by atoms with van der Waals surface area (Å²) in [6, 6.07) is 18.9. The van der Waals surface area contributed by atoms with E-state index in [1.165, 1.54) is 0 Å². The molecule has 1 saturated heterocycles. The Morgan fingerprint density at radius 3 is 2.37 bits per heavy atom. The Labute approximate surface area is 168 Å². The van der Waals surface area contributed by atoms with Crippen molar-refractivity contribution in [3.05, 3.63) is 71.8 Å². The summed E-state index contributed by atoms with van der Waals surface area (Å²) in [6.45, 7) is 4.23. The van der Waals surface area contributed by atoms with Crippen LogP contribution in [0.1, 0.15) is 31.0 Å². The highest BCUT2D eigenvalue weighted by Crippen LogP contribution is 2.29. The maximum absolute atomic E-state index is 12.8. The number of carbonyl (C=O) groups excluding carboxylic acids is 2. The number of nitrogens with zero attached hydrogens (tertiary/aromatic N) is 2. The summed E-state index contributed by atoms with van der Waals surface area (Å²) in [6.07, 6.45) is -0.423. The molecule has 0 unspecified atom stereocenters. The number of carbonyl (C=O) groups is 2. The zero-order valence-corrected chi connectivity index (χ0v) is 17.0. The number of rotatable bonds is 4. The van der Waals surface area contributed by atoms with E-state index in [1.54, 1.807) is 9.80 Å². The molecule has 0 saturated carbocycles. The van der Waals surface area contributed by atoms with Gasteiger partial charge in [-0.25, -0.2) is 4.79 Å². The van der Waals surface area contributed by atoms with Gasteiger partial charge in [0.25, 0.3) is 0 Å². The first-order valence-corrected chi connectivity index (χ1v) is 9.87. The summed E-state index contributed by atoms with van der Waals surface area (Å²) in [5, 5.41) is 0. The molecule has 0 bridgehead atoms. The van der Waals surface area contributed by atoms with Gasteiger partial charge in [0, 0.05) is 0 Å². The Kier molecular flexibility index (Phi) is 6.16. The molecular weight excluding hydrogens is 408 g/mol. The van der Waals surface area contributed by atoms with E-state index in [-0.39, 0.29) is 31.3 Å². The molecule has 27 heavy (non-hydrogen) atoms. The van der Waals surface area contributed by atoms with Crippen LogP contribution in [-0.4, -0.2) is 39.3 Å². The maximum Gasteiger partial charge on any atom is 0.411 e. The molecule has 1 fully saturated rings. The van der Waals surface area contributed by atoms with Crippen LogP contribution in [0.4, 0.5) is 4.79 Å². The van der Waals surface area contributed by atoms with Crippen LogP contribution in [0.3, 0.4) is 0 Å². The summed E-state index contributed by atoms with van der Waals surface area (Å²) in [7, 11) is 0. The zero-order chi connectivity index (χ0) is 19.4. The lowest BCUT2D eigenvalue weighted by molar-refractivity contribution is -0.141. The first-order valence-electron chi connectivity index (χ1n) is 8.96. The minimum Gasteiger partial charge on any atom is -0.444 e. The number of hydrogen-bond donors (Lipinski definition) is 0. The molecule has 1 aliphatic heterocycles. The Morgan fingerprint density at radius 2 is 1.74 bits per heavy atom. The Morgan fingerprint density at radius 1 is 1.15 bits per heavy atom. The van der Waals surface area contributed by atoms with Gasteiger partial charge in [-0.3, -0.25) is 9.69 Å². The molecule has 0 N–H and O–H groups in total. The molecule has 2 amide bonds. The van der Waals surface area contributed by atoms with Crippen molar-refractivity contribution < 1.29 is 14.3 Å². The van der Waals surface area contributed by atoms with Crippen molar-refractivity contribution in [2.24, 2.45) is 0 Å². The third kappa shape index (κ3) is 4.33. The summed E-state index contributed by atoms with van der Waals surface area (Å²) >= 11 is 3.46. The van der Waals surface area contributed by atoms with Crippen molar-refractivity contribution in [3.63, 3.8) is 0 Å². The molecule has 142 valence electrons. The second-order valence-corrected chi connectivity index (χ2v) is 7.67. The molecule has 2 aromatic rings. The van der Waals surface area contributed by atoms with Crippen LogP contribution < -0.4 is 0 Å². The fraction of sp³-hybridized carbons (Fsp3) is 0.333. The van der Waals surface area contributed by atoms with Crippen LogP contribution in [0.25, 0.3) is 0 Å². The van der Waals surface area contributed by atoms with Crippen LogP contribution in [0.5, 0.6) is 0 Å². The van der Waals surface area contributed by atoms with E-state index in [2.05, 4.69) is 15.9 Å². The first-order chi connectivity index (χ1) is 13.0. The lowest BCUT2D eigenvalue weighted by Gasteiger charge is -2.44. The average Bonchev–Trinajstić information content (AvgIpc) is 2.71. The van der Waals surface area contributed by atoms with Gasteiger partial charge in [0.2, 0.25) is 5.91 Å². The molecule has 3 rings (SSSR count). The second kappa shape index (κ2) is 8.57. The topological polar surface area (TPSA) is 49.9 Å². The van der Waals surface area contributed by atoms with Gasteiger partial charge in [-0.1, -0.05) is 76.6 Å². The summed E-state index contributed by atoms with van der Waals surface area (Å²) in [4.78, 5) is 28.3. The number of halogens is 1. The Balaban J connectivity index is 1.72. The first kappa shape index (κ1) is 19.4. The van der Waals surface area contributed by atoms with Gasteiger partial charge in [0.1, 0.15) is 11.4 Å². The van der Waals surface area contributed by atoms with Gasteiger partial charge >= 0.3 is 6.09 Å². The van der Waals surface area contributed by atoms with Gasteiger partial charge < -0.3 is 9.64 Å². The van der Waals surface area contributed by atoms with Crippen LogP contribution >= 0.6 is 15.9 Å². The molecule has 5 nitrogen and oxygen atoms in total. The predicted octanol–water partition coefficient (Wildman–Crippen LogP) is 4.34. The molecule has 6 heteroatoms. The van der Waals surface area contributed by atoms with Crippen molar-refractivity contribution in [3.8, 4) is 0 Å². The van der Waals surface area contributed by atoms with Gasteiger partial charge in [-0.2, -0.15) is 0 Å². The lowest BCUT2D eigenvalue weighted by atomic mass is 10.0. The fourth-order valence-electron chi connectivity index (χ4n) is 3.14. The average molecular weight is 431 g/mol.